The smallest absolute Gasteiger partial charge is 0.254 e. The van der Waals surface area contributed by atoms with E-state index in [4.69, 9.17) is 0 Å². The fourth-order valence-corrected chi connectivity index (χ4v) is 4.50. The Hall–Kier alpha value is -3.47. The van der Waals surface area contributed by atoms with Gasteiger partial charge in [0.1, 0.15) is 5.82 Å². The number of amides is 2. The molecule has 1 N–H and O–H groups in total. The fraction of sp³-hybridized carbons (Fsp3) is 0.286. The monoisotopic (exact) mass is 444 g/mol. The Bertz CT molecular complexity index is 1130. The van der Waals surface area contributed by atoms with Crippen molar-refractivity contribution in [1.29, 1.82) is 0 Å². The van der Waals surface area contributed by atoms with Crippen molar-refractivity contribution in [3.63, 3.8) is 0 Å². The largest absolute Gasteiger partial charge is 0.337 e. The molecule has 2 atom stereocenters. The first-order chi connectivity index (χ1) is 16.0. The molecule has 0 spiro atoms. The Morgan fingerprint density at radius 2 is 1.70 bits per heavy atom. The Morgan fingerprint density at radius 1 is 0.970 bits per heavy atom. The number of aryl methyl sites for hydroxylation is 1. The van der Waals surface area contributed by atoms with Gasteiger partial charge in [0.05, 0.1) is 5.92 Å². The van der Waals surface area contributed by atoms with E-state index >= 15 is 0 Å². The lowest BCUT2D eigenvalue weighted by Gasteiger charge is -2.38. The number of benzene rings is 3. The number of anilines is 1. The van der Waals surface area contributed by atoms with Gasteiger partial charge in [-0.2, -0.15) is 0 Å². The Labute approximate surface area is 194 Å². The SMILES string of the molecule is CCc1ccc(C2CC(C(=O)Nc3ccccc3)CN(C(=O)c3cccc(F)c3C)C2)cc1. The molecule has 4 rings (SSSR count). The number of para-hydroxylation sites is 1. The van der Waals surface area contributed by atoms with E-state index < -0.39 is 5.82 Å². The summed E-state index contributed by atoms with van der Waals surface area (Å²) in [5.74, 6) is -1.09. The van der Waals surface area contributed by atoms with Crippen molar-refractivity contribution in [2.24, 2.45) is 5.92 Å². The summed E-state index contributed by atoms with van der Waals surface area (Å²) in [4.78, 5) is 28.3. The van der Waals surface area contributed by atoms with Crippen molar-refractivity contribution in [2.45, 2.75) is 32.6 Å². The first-order valence-corrected chi connectivity index (χ1v) is 11.5. The minimum absolute atomic E-state index is 0.0222. The minimum atomic E-state index is -0.400. The van der Waals surface area contributed by atoms with Gasteiger partial charge in [0.2, 0.25) is 5.91 Å². The van der Waals surface area contributed by atoms with E-state index in [0.29, 0.717) is 30.6 Å². The molecule has 0 aromatic heterocycles. The fourth-order valence-electron chi connectivity index (χ4n) is 4.50. The summed E-state index contributed by atoms with van der Waals surface area (Å²) in [6, 6.07) is 22.3. The van der Waals surface area contributed by atoms with Gasteiger partial charge in [0.25, 0.3) is 5.91 Å². The molecule has 5 heteroatoms. The summed E-state index contributed by atoms with van der Waals surface area (Å²) in [6.07, 6.45) is 1.60. The molecular weight excluding hydrogens is 415 g/mol. The van der Waals surface area contributed by atoms with Gasteiger partial charge in [-0.05, 0) is 60.7 Å². The minimum Gasteiger partial charge on any atom is -0.337 e. The lowest BCUT2D eigenvalue weighted by Crippen LogP contribution is -2.46. The highest BCUT2D eigenvalue weighted by atomic mass is 19.1. The topological polar surface area (TPSA) is 49.4 Å². The summed E-state index contributed by atoms with van der Waals surface area (Å²) < 4.78 is 14.1. The molecule has 4 nitrogen and oxygen atoms in total. The van der Waals surface area contributed by atoms with Crippen molar-refractivity contribution in [2.75, 3.05) is 18.4 Å². The Kier molecular flexibility index (Phi) is 6.87. The van der Waals surface area contributed by atoms with Crippen LogP contribution < -0.4 is 5.32 Å². The number of hydrogen-bond acceptors (Lipinski definition) is 2. The normalized spacial score (nSPS) is 18.1. The maximum absolute atomic E-state index is 14.1. The van der Waals surface area contributed by atoms with E-state index in [-0.39, 0.29) is 23.7 Å². The van der Waals surface area contributed by atoms with Crippen LogP contribution in [0.4, 0.5) is 10.1 Å². The van der Waals surface area contributed by atoms with Crippen LogP contribution >= 0.6 is 0 Å². The molecule has 33 heavy (non-hydrogen) atoms. The van der Waals surface area contributed by atoms with Gasteiger partial charge in [0.15, 0.2) is 0 Å². The molecular formula is C28H29FN2O2. The molecule has 0 bridgehead atoms. The average Bonchev–Trinajstić information content (AvgIpc) is 2.85. The van der Waals surface area contributed by atoms with E-state index in [2.05, 4.69) is 36.5 Å². The van der Waals surface area contributed by atoms with Gasteiger partial charge < -0.3 is 10.2 Å². The summed E-state index contributed by atoms with van der Waals surface area (Å²) in [5.41, 5.74) is 3.77. The molecule has 0 radical (unpaired) electrons. The molecule has 170 valence electrons. The van der Waals surface area contributed by atoms with E-state index in [9.17, 15) is 14.0 Å². The first kappa shape index (κ1) is 22.7. The van der Waals surface area contributed by atoms with Gasteiger partial charge in [-0.3, -0.25) is 9.59 Å². The molecule has 0 saturated carbocycles. The van der Waals surface area contributed by atoms with Gasteiger partial charge >= 0.3 is 0 Å². The van der Waals surface area contributed by atoms with Crippen LogP contribution in [0.3, 0.4) is 0 Å². The third kappa shape index (κ3) is 5.14. The molecule has 0 aliphatic carbocycles. The van der Waals surface area contributed by atoms with Crippen molar-refractivity contribution < 1.29 is 14.0 Å². The number of piperidine rings is 1. The number of nitrogens with one attached hydrogen (secondary N) is 1. The van der Waals surface area contributed by atoms with Gasteiger partial charge in [-0.25, -0.2) is 4.39 Å². The van der Waals surface area contributed by atoms with Crippen LogP contribution in [0.2, 0.25) is 0 Å². The third-order valence-electron chi connectivity index (χ3n) is 6.51. The number of rotatable bonds is 5. The second kappa shape index (κ2) is 9.99. The van der Waals surface area contributed by atoms with E-state index in [1.807, 2.05) is 30.3 Å². The lowest BCUT2D eigenvalue weighted by atomic mass is 9.83. The van der Waals surface area contributed by atoms with Crippen LogP contribution in [0.25, 0.3) is 0 Å². The van der Waals surface area contributed by atoms with Crippen LogP contribution in [0, 0.1) is 18.7 Å². The predicted molar refractivity (Wildman–Crippen MR) is 129 cm³/mol. The molecule has 1 aliphatic rings. The van der Waals surface area contributed by atoms with Gasteiger partial charge in [0, 0.05) is 30.3 Å². The quantitative estimate of drug-likeness (QED) is 0.558. The molecule has 2 unspecified atom stereocenters. The molecule has 1 aliphatic heterocycles. The van der Waals surface area contributed by atoms with Gasteiger partial charge in [-0.15, -0.1) is 0 Å². The number of carbonyl (C=O) groups is 2. The second-order valence-corrected chi connectivity index (χ2v) is 8.70. The van der Waals surface area contributed by atoms with Crippen LogP contribution in [0.1, 0.15) is 46.3 Å². The third-order valence-corrected chi connectivity index (χ3v) is 6.51. The highest BCUT2D eigenvalue weighted by molar-refractivity contribution is 5.97. The van der Waals surface area contributed by atoms with Crippen molar-refractivity contribution >= 4 is 17.5 Å². The van der Waals surface area contributed by atoms with E-state index in [1.165, 1.54) is 11.6 Å². The second-order valence-electron chi connectivity index (χ2n) is 8.70. The van der Waals surface area contributed by atoms with E-state index in [0.717, 1.165) is 17.7 Å². The molecule has 1 heterocycles. The summed E-state index contributed by atoms with van der Waals surface area (Å²) in [6.45, 7) is 4.53. The maximum Gasteiger partial charge on any atom is 0.254 e. The van der Waals surface area contributed by atoms with Crippen molar-refractivity contribution in [1.82, 2.24) is 4.90 Å². The maximum atomic E-state index is 14.1. The lowest BCUT2D eigenvalue weighted by molar-refractivity contribution is -0.121. The molecule has 3 aromatic rings. The van der Waals surface area contributed by atoms with Crippen LogP contribution in [-0.4, -0.2) is 29.8 Å². The van der Waals surface area contributed by atoms with Gasteiger partial charge in [-0.1, -0.05) is 55.5 Å². The summed E-state index contributed by atoms with van der Waals surface area (Å²) in [7, 11) is 0. The van der Waals surface area contributed by atoms with Crippen molar-refractivity contribution in [3.05, 3.63) is 101 Å². The number of halogens is 1. The molecule has 3 aromatic carbocycles. The molecule has 2 amide bonds. The van der Waals surface area contributed by atoms with Crippen molar-refractivity contribution in [3.8, 4) is 0 Å². The highest BCUT2D eigenvalue weighted by Gasteiger charge is 2.35. The average molecular weight is 445 g/mol. The van der Waals surface area contributed by atoms with Crippen LogP contribution in [-0.2, 0) is 11.2 Å². The highest BCUT2D eigenvalue weighted by Crippen LogP contribution is 2.32. The summed E-state index contributed by atoms with van der Waals surface area (Å²) in [5, 5.41) is 2.98. The number of nitrogens with zero attached hydrogens (tertiary/aromatic N) is 1. The summed E-state index contributed by atoms with van der Waals surface area (Å²) >= 11 is 0. The zero-order valence-corrected chi connectivity index (χ0v) is 19.1. The number of carbonyl (C=O) groups excluding carboxylic acids is 2. The molecule has 1 fully saturated rings. The van der Waals surface area contributed by atoms with Crippen LogP contribution in [0.5, 0.6) is 0 Å². The Balaban J connectivity index is 1.61. The Morgan fingerprint density at radius 3 is 2.39 bits per heavy atom. The number of hydrogen-bond donors (Lipinski definition) is 1. The van der Waals surface area contributed by atoms with Crippen LogP contribution in [0.15, 0.2) is 72.8 Å². The number of likely N-dealkylation sites (tertiary alicyclic amines) is 1. The molecule has 1 saturated heterocycles. The zero-order valence-electron chi connectivity index (χ0n) is 19.1. The van der Waals surface area contributed by atoms with E-state index in [1.54, 1.807) is 24.0 Å². The first-order valence-electron chi connectivity index (χ1n) is 11.5. The zero-order chi connectivity index (χ0) is 23.4. The standard InChI is InChI=1S/C28H29FN2O2/c1-3-20-12-14-21(15-13-20)22-16-23(27(32)30-24-8-5-4-6-9-24)18-31(17-22)28(33)25-10-7-11-26(29)19(25)2/h4-15,22-23H,3,16-18H2,1-2H3,(H,30,32). The predicted octanol–water partition coefficient (Wildman–Crippen LogP) is 5.58.